The van der Waals surface area contributed by atoms with Gasteiger partial charge in [-0.3, -0.25) is 9.48 Å². The van der Waals surface area contributed by atoms with Gasteiger partial charge in [-0.25, -0.2) is 4.98 Å². The molecule has 1 rings (SSSR count). The summed E-state index contributed by atoms with van der Waals surface area (Å²) in [6, 6.07) is 0. The molecule has 6 heteroatoms. The minimum atomic E-state index is -0.600. The van der Waals surface area contributed by atoms with Crippen LogP contribution in [0.4, 0.5) is 0 Å². The lowest BCUT2D eigenvalue weighted by atomic mass is 9.94. The lowest BCUT2D eigenvalue weighted by molar-refractivity contribution is -0.124. The van der Waals surface area contributed by atoms with Crippen molar-refractivity contribution < 1.29 is 4.79 Å². The van der Waals surface area contributed by atoms with Crippen LogP contribution in [0, 0.1) is 0 Å². The minimum Gasteiger partial charge on any atom is -0.368 e. The highest BCUT2D eigenvalue weighted by molar-refractivity contribution is 5.84. The van der Waals surface area contributed by atoms with E-state index in [1.807, 2.05) is 13.8 Å². The van der Waals surface area contributed by atoms with Crippen LogP contribution >= 0.6 is 0 Å². The number of hydrogen-bond donors (Lipinski definition) is 2. The Labute approximate surface area is 102 Å². The number of hydrogen-bond acceptors (Lipinski definition) is 4. The summed E-state index contributed by atoms with van der Waals surface area (Å²) in [5.74, 6) is -0.292. The Balaban J connectivity index is 2.30. The number of amides is 1. The Morgan fingerprint density at radius 1 is 1.53 bits per heavy atom. The molecule has 1 heterocycles. The van der Waals surface area contributed by atoms with Crippen LogP contribution < -0.4 is 11.1 Å². The van der Waals surface area contributed by atoms with E-state index in [4.69, 9.17) is 5.73 Å². The highest BCUT2D eigenvalue weighted by Gasteiger charge is 2.28. The van der Waals surface area contributed by atoms with E-state index in [9.17, 15) is 4.79 Å². The molecule has 0 aromatic carbocycles. The van der Waals surface area contributed by atoms with E-state index in [2.05, 4.69) is 15.4 Å². The molecule has 0 bridgehead atoms. The third-order valence-electron chi connectivity index (χ3n) is 2.89. The summed E-state index contributed by atoms with van der Waals surface area (Å²) in [7, 11) is 0. The molecule has 6 nitrogen and oxygen atoms in total. The summed E-state index contributed by atoms with van der Waals surface area (Å²) in [5.41, 5.74) is 4.80. The third kappa shape index (κ3) is 4.14. The molecule has 1 aromatic heterocycles. The normalized spacial score (nSPS) is 14.5. The topological polar surface area (TPSA) is 85.8 Å². The number of carbonyl (C=O) groups is 1. The van der Waals surface area contributed by atoms with Crippen molar-refractivity contribution >= 4 is 5.91 Å². The molecule has 0 saturated carbocycles. The summed E-state index contributed by atoms with van der Waals surface area (Å²) in [6.45, 7) is 5.38. The van der Waals surface area contributed by atoms with Crippen LogP contribution in [0.5, 0.6) is 0 Å². The van der Waals surface area contributed by atoms with Gasteiger partial charge in [-0.2, -0.15) is 5.10 Å². The summed E-state index contributed by atoms with van der Waals surface area (Å²) in [6.07, 6.45) is 5.83. The Hall–Kier alpha value is -1.43. The fraction of sp³-hybridized carbons (Fsp3) is 0.727. The maximum absolute atomic E-state index is 11.4. The lowest BCUT2D eigenvalue weighted by Crippen LogP contribution is -2.52. The van der Waals surface area contributed by atoms with E-state index in [1.54, 1.807) is 11.0 Å². The molecule has 1 atom stereocenters. The largest absolute Gasteiger partial charge is 0.368 e. The molecule has 3 N–H and O–H groups in total. The highest BCUT2D eigenvalue weighted by atomic mass is 16.1. The van der Waals surface area contributed by atoms with Crippen molar-refractivity contribution in [3.05, 3.63) is 12.7 Å². The number of nitrogens with two attached hydrogens (primary N) is 1. The zero-order valence-electron chi connectivity index (χ0n) is 10.5. The first-order chi connectivity index (χ1) is 8.08. The molecule has 96 valence electrons. The van der Waals surface area contributed by atoms with Crippen LogP contribution in [0.1, 0.15) is 33.1 Å². The number of nitrogens with zero attached hydrogens (tertiary/aromatic N) is 3. The average Bonchev–Trinajstić information content (AvgIpc) is 2.77. The van der Waals surface area contributed by atoms with Gasteiger partial charge in [0.15, 0.2) is 0 Å². The monoisotopic (exact) mass is 239 g/mol. The van der Waals surface area contributed by atoms with E-state index in [0.29, 0.717) is 0 Å². The minimum absolute atomic E-state index is 0.292. The first-order valence-electron chi connectivity index (χ1n) is 5.96. The standard InChI is InChI=1S/C11H21N5O/c1-3-14-11(2,10(12)17)6-4-5-7-16-9-13-8-15-16/h8-9,14H,3-7H2,1-2H3,(H2,12,17). The van der Waals surface area contributed by atoms with E-state index >= 15 is 0 Å². The Bertz CT molecular complexity index is 338. The Morgan fingerprint density at radius 2 is 2.29 bits per heavy atom. The lowest BCUT2D eigenvalue weighted by Gasteiger charge is -2.26. The molecule has 17 heavy (non-hydrogen) atoms. The number of nitrogens with one attached hydrogen (secondary N) is 1. The predicted octanol–water partition coefficient (Wildman–Crippen LogP) is 0.302. The third-order valence-corrected chi connectivity index (χ3v) is 2.89. The van der Waals surface area contributed by atoms with Crippen LogP contribution in [0.15, 0.2) is 12.7 Å². The van der Waals surface area contributed by atoms with Crippen molar-refractivity contribution in [3.63, 3.8) is 0 Å². The van der Waals surface area contributed by atoms with E-state index in [-0.39, 0.29) is 5.91 Å². The molecule has 0 radical (unpaired) electrons. The van der Waals surface area contributed by atoms with Crippen LogP contribution in [0.2, 0.25) is 0 Å². The van der Waals surface area contributed by atoms with E-state index in [0.717, 1.165) is 32.4 Å². The first kappa shape index (κ1) is 13.6. The van der Waals surface area contributed by atoms with Gasteiger partial charge in [0.1, 0.15) is 12.7 Å². The fourth-order valence-corrected chi connectivity index (χ4v) is 1.79. The zero-order chi connectivity index (χ0) is 12.7. The number of aromatic nitrogens is 3. The molecular weight excluding hydrogens is 218 g/mol. The van der Waals surface area contributed by atoms with Gasteiger partial charge in [0.2, 0.25) is 5.91 Å². The molecule has 0 aliphatic heterocycles. The van der Waals surface area contributed by atoms with Gasteiger partial charge < -0.3 is 11.1 Å². The smallest absolute Gasteiger partial charge is 0.237 e. The number of primary amides is 1. The molecule has 0 aliphatic rings. The molecule has 1 amide bonds. The number of carbonyl (C=O) groups excluding carboxylic acids is 1. The Morgan fingerprint density at radius 3 is 2.82 bits per heavy atom. The van der Waals surface area contributed by atoms with Gasteiger partial charge in [-0.15, -0.1) is 0 Å². The van der Waals surface area contributed by atoms with Gasteiger partial charge in [0.05, 0.1) is 5.54 Å². The number of likely N-dealkylation sites (N-methyl/N-ethyl adjacent to an activating group) is 1. The highest BCUT2D eigenvalue weighted by Crippen LogP contribution is 2.13. The summed E-state index contributed by atoms with van der Waals surface area (Å²) < 4.78 is 1.79. The SMILES string of the molecule is CCNC(C)(CCCCn1cncn1)C(N)=O. The maximum atomic E-state index is 11.4. The van der Waals surface area contributed by atoms with E-state index in [1.165, 1.54) is 6.33 Å². The molecule has 0 spiro atoms. The van der Waals surface area contributed by atoms with Crippen molar-refractivity contribution in [3.8, 4) is 0 Å². The second kappa shape index (κ2) is 6.34. The quantitative estimate of drug-likeness (QED) is 0.639. The summed E-state index contributed by atoms with van der Waals surface area (Å²) in [4.78, 5) is 15.2. The number of rotatable bonds is 8. The summed E-state index contributed by atoms with van der Waals surface area (Å²) in [5, 5.41) is 7.16. The van der Waals surface area contributed by atoms with Crippen molar-refractivity contribution in [1.82, 2.24) is 20.1 Å². The fourth-order valence-electron chi connectivity index (χ4n) is 1.79. The number of aryl methyl sites for hydroxylation is 1. The summed E-state index contributed by atoms with van der Waals surface area (Å²) >= 11 is 0. The van der Waals surface area contributed by atoms with Crippen molar-refractivity contribution in [2.45, 2.75) is 45.2 Å². The second-order valence-electron chi connectivity index (χ2n) is 4.34. The molecule has 1 unspecified atom stereocenters. The van der Waals surface area contributed by atoms with Crippen LogP contribution in [-0.2, 0) is 11.3 Å². The molecular formula is C11H21N5O. The number of unbranched alkanes of at least 4 members (excludes halogenated alkanes) is 1. The van der Waals surface area contributed by atoms with Crippen molar-refractivity contribution in [1.29, 1.82) is 0 Å². The van der Waals surface area contributed by atoms with Gasteiger partial charge >= 0.3 is 0 Å². The van der Waals surface area contributed by atoms with Crippen molar-refractivity contribution in [2.75, 3.05) is 6.54 Å². The Kier molecular flexibility index (Phi) is 5.09. The van der Waals surface area contributed by atoms with Crippen LogP contribution in [-0.4, -0.2) is 32.8 Å². The van der Waals surface area contributed by atoms with Crippen LogP contribution in [0.25, 0.3) is 0 Å². The van der Waals surface area contributed by atoms with Gasteiger partial charge in [0.25, 0.3) is 0 Å². The predicted molar refractivity (Wildman–Crippen MR) is 65.1 cm³/mol. The molecule has 1 aromatic rings. The van der Waals surface area contributed by atoms with Gasteiger partial charge in [-0.1, -0.05) is 6.92 Å². The van der Waals surface area contributed by atoms with E-state index < -0.39 is 5.54 Å². The molecule has 0 aliphatic carbocycles. The maximum Gasteiger partial charge on any atom is 0.237 e. The first-order valence-corrected chi connectivity index (χ1v) is 5.96. The second-order valence-corrected chi connectivity index (χ2v) is 4.34. The van der Waals surface area contributed by atoms with Crippen LogP contribution in [0.3, 0.4) is 0 Å². The molecule has 0 fully saturated rings. The average molecular weight is 239 g/mol. The molecule has 0 saturated heterocycles. The zero-order valence-corrected chi connectivity index (χ0v) is 10.5. The van der Waals surface area contributed by atoms with Crippen molar-refractivity contribution in [2.24, 2.45) is 5.73 Å². The van der Waals surface area contributed by atoms with Gasteiger partial charge in [0, 0.05) is 6.54 Å². The van der Waals surface area contributed by atoms with Gasteiger partial charge in [-0.05, 0) is 32.7 Å².